The molecule has 2 fully saturated rings. The van der Waals surface area contributed by atoms with E-state index >= 15 is 0 Å². The number of carbonyl (C=O) groups excluding carboxylic acids is 2. The van der Waals surface area contributed by atoms with Gasteiger partial charge in [-0.1, -0.05) is 36.4 Å². The molecule has 2 saturated heterocycles. The summed E-state index contributed by atoms with van der Waals surface area (Å²) < 4.78 is 11.7. The number of aliphatic hydroxyl groups is 2. The number of aryl methyl sites for hydroxylation is 4. The third-order valence-electron chi connectivity index (χ3n) is 7.88. The van der Waals surface area contributed by atoms with Crippen molar-refractivity contribution in [3.05, 3.63) is 58.7 Å². The van der Waals surface area contributed by atoms with Gasteiger partial charge in [-0.2, -0.15) is 0 Å². The van der Waals surface area contributed by atoms with Gasteiger partial charge >= 0.3 is 0 Å². The van der Waals surface area contributed by atoms with E-state index in [1.54, 1.807) is 9.80 Å². The SMILES string of the molecule is Cc1cccc(C)c1OCC(=O)N1CCC[C@H]1[C@H](O)[C@@H](O)[C@@H]1CCCN1C(=O)COc1c(C)cccc1C. The Labute approximate surface area is 225 Å². The number of para-hydroxylation sites is 2. The molecule has 0 aliphatic carbocycles. The molecular weight excluding hydrogens is 484 g/mol. The molecule has 206 valence electrons. The molecule has 4 rings (SSSR count). The molecule has 2 heterocycles. The van der Waals surface area contributed by atoms with E-state index in [1.807, 2.05) is 64.1 Å². The number of benzene rings is 2. The Hall–Kier alpha value is -3.10. The van der Waals surface area contributed by atoms with E-state index in [4.69, 9.17) is 9.47 Å². The Bertz CT molecular complexity index is 1020. The highest BCUT2D eigenvalue weighted by molar-refractivity contribution is 5.79. The van der Waals surface area contributed by atoms with Crippen LogP contribution in [0, 0.1) is 27.7 Å². The molecule has 4 atom stereocenters. The fourth-order valence-corrected chi connectivity index (χ4v) is 5.86. The minimum Gasteiger partial charge on any atom is -0.483 e. The molecule has 8 heteroatoms. The van der Waals surface area contributed by atoms with Crippen molar-refractivity contribution >= 4 is 11.8 Å². The van der Waals surface area contributed by atoms with E-state index in [0.29, 0.717) is 37.4 Å². The Balaban J connectivity index is 1.37. The van der Waals surface area contributed by atoms with Crippen LogP contribution in [-0.4, -0.2) is 82.4 Å². The third-order valence-corrected chi connectivity index (χ3v) is 7.88. The van der Waals surface area contributed by atoms with Gasteiger partial charge in [0, 0.05) is 13.1 Å². The van der Waals surface area contributed by atoms with Crippen LogP contribution in [0.25, 0.3) is 0 Å². The molecule has 2 aliphatic rings. The first-order valence-electron chi connectivity index (χ1n) is 13.5. The van der Waals surface area contributed by atoms with Crippen molar-refractivity contribution in [2.75, 3.05) is 26.3 Å². The summed E-state index contributed by atoms with van der Waals surface area (Å²) in [5.74, 6) is 0.950. The number of hydrogen-bond acceptors (Lipinski definition) is 6. The molecule has 38 heavy (non-hydrogen) atoms. The summed E-state index contributed by atoms with van der Waals surface area (Å²) in [7, 11) is 0. The topological polar surface area (TPSA) is 99.5 Å². The molecule has 0 radical (unpaired) electrons. The van der Waals surface area contributed by atoms with Gasteiger partial charge in [0.15, 0.2) is 13.2 Å². The number of aliphatic hydroxyl groups excluding tert-OH is 2. The van der Waals surface area contributed by atoms with Crippen LogP contribution in [0.1, 0.15) is 47.9 Å². The van der Waals surface area contributed by atoms with Crippen LogP contribution >= 0.6 is 0 Å². The van der Waals surface area contributed by atoms with Crippen molar-refractivity contribution in [2.45, 2.75) is 77.7 Å². The van der Waals surface area contributed by atoms with E-state index < -0.39 is 24.3 Å². The summed E-state index contributed by atoms with van der Waals surface area (Å²) in [4.78, 5) is 29.4. The largest absolute Gasteiger partial charge is 0.483 e. The van der Waals surface area contributed by atoms with Crippen LogP contribution in [0.5, 0.6) is 11.5 Å². The quantitative estimate of drug-likeness (QED) is 0.523. The van der Waals surface area contributed by atoms with Crippen molar-refractivity contribution in [3.8, 4) is 11.5 Å². The lowest BCUT2D eigenvalue weighted by atomic mass is 9.96. The minimum atomic E-state index is -1.17. The smallest absolute Gasteiger partial charge is 0.260 e. The molecule has 0 spiro atoms. The Morgan fingerprint density at radius 2 is 1.08 bits per heavy atom. The highest BCUT2D eigenvalue weighted by Crippen LogP contribution is 2.29. The van der Waals surface area contributed by atoms with E-state index in [0.717, 1.165) is 35.1 Å². The van der Waals surface area contributed by atoms with Crippen LogP contribution < -0.4 is 9.47 Å². The van der Waals surface area contributed by atoms with E-state index in [2.05, 4.69) is 0 Å². The van der Waals surface area contributed by atoms with Crippen LogP contribution in [0.4, 0.5) is 0 Å². The first kappa shape index (κ1) is 27.9. The van der Waals surface area contributed by atoms with Crippen molar-refractivity contribution in [1.82, 2.24) is 9.80 Å². The second-order valence-electron chi connectivity index (χ2n) is 10.6. The molecule has 0 unspecified atom stereocenters. The van der Waals surface area contributed by atoms with E-state index in [1.165, 1.54) is 0 Å². The van der Waals surface area contributed by atoms with E-state index in [9.17, 15) is 19.8 Å². The summed E-state index contributed by atoms with van der Waals surface area (Å²) >= 11 is 0. The lowest BCUT2D eigenvalue weighted by molar-refractivity contribution is -0.144. The summed E-state index contributed by atoms with van der Waals surface area (Å²) in [5, 5.41) is 22.4. The van der Waals surface area contributed by atoms with Crippen LogP contribution in [0.3, 0.4) is 0 Å². The normalized spacial score (nSPS) is 20.9. The van der Waals surface area contributed by atoms with Crippen LogP contribution in [0.15, 0.2) is 36.4 Å². The zero-order chi connectivity index (χ0) is 27.4. The van der Waals surface area contributed by atoms with Gasteiger partial charge < -0.3 is 29.5 Å². The number of rotatable bonds is 9. The van der Waals surface area contributed by atoms with Gasteiger partial charge in [-0.15, -0.1) is 0 Å². The summed E-state index contributed by atoms with van der Waals surface area (Å²) in [6.07, 6.45) is 0.313. The predicted molar refractivity (Wildman–Crippen MR) is 144 cm³/mol. The predicted octanol–water partition coefficient (Wildman–Crippen LogP) is 3.08. The maximum atomic E-state index is 13.1. The lowest BCUT2D eigenvalue weighted by Gasteiger charge is -2.36. The second-order valence-corrected chi connectivity index (χ2v) is 10.6. The monoisotopic (exact) mass is 524 g/mol. The molecule has 2 N–H and O–H groups in total. The number of ether oxygens (including phenoxy) is 2. The molecular formula is C30H40N2O6. The lowest BCUT2D eigenvalue weighted by Crippen LogP contribution is -2.55. The fourth-order valence-electron chi connectivity index (χ4n) is 5.86. The van der Waals surface area contributed by atoms with Gasteiger partial charge in [-0.3, -0.25) is 9.59 Å². The fraction of sp³-hybridized carbons (Fsp3) is 0.533. The summed E-state index contributed by atoms with van der Waals surface area (Å²) in [5.41, 5.74) is 3.83. The number of likely N-dealkylation sites (tertiary alicyclic amines) is 2. The van der Waals surface area contributed by atoms with Crippen molar-refractivity contribution in [3.63, 3.8) is 0 Å². The molecule has 2 amide bonds. The Morgan fingerprint density at radius 1 is 0.737 bits per heavy atom. The van der Waals surface area contributed by atoms with Crippen LogP contribution in [-0.2, 0) is 9.59 Å². The van der Waals surface area contributed by atoms with Gasteiger partial charge in [0.1, 0.15) is 23.7 Å². The third kappa shape index (κ3) is 5.97. The van der Waals surface area contributed by atoms with E-state index in [-0.39, 0.29) is 25.0 Å². The van der Waals surface area contributed by atoms with Crippen molar-refractivity contribution in [1.29, 1.82) is 0 Å². The molecule has 8 nitrogen and oxygen atoms in total. The Morgan fingerprint density at radius 3 is 1.42 bits per heavy atom. The molecule has 0 saturated carbocycles. The van der Waals surface area contributed by atoms with Gasteiger partial charge in [-0.25, -0.2) is 0 Å². The first-order valence-corrected chi connectivity index (χ1v) is 13.5. The minimum absolute atomic E-state index is 0.130. The standard InChI is InChI=1S/C30H40N2O6/c1-19-9-5-10-20(2)29(19)37-17-25(33)31-15-7-13-23(31)27(35)28(36)24-14-8-16-32(24)26(34)18-38-30-21(3)11-6-12-22(30)4/h5-6,9-12,23-24,27-28,35-36H,7-8,13-18H2,1-4H3/t23-,24-,27-,28-/m0/s1. The number of amides is 2. The maximum absolute atomic E-state index is 13.1. The van der Waals surface area contributed by atoms with Gasteiger partial charge in [0.25, 0.3) is 11.8 Å². The summed E-state index contributed by atoms with van der Waals surface area (Å²) in [6.45, 7) is 8.49. The average Bonchev–Trinajstić information content (AvgIpc) is 3.57. The summed E-state index contributed by atoms with van der Waals surface area (Å²) in [6, 6.07) is 10.6. The molecule has 0 aromatic heterocycles. The molecule has 2 aromatic carbocycles. The maximum Gasteiger partial charge on any atom is 0.260 e. The zero-order valence-electron chi connectivity index (χ0n) is 22.9. The van der Waals surface area contributed by atoms with Gasteiger partial charge in [-0.05, 0) is 75.6 Å². The number of carbonyl (C=O) groups is 2. The highest BCUT2D eigenvalue weighted by atomic mass is 16.5. The first-order chi connectivity index (χ1) is 18.2. The molecule has 2 aliphatic heterocycles. The number of hydrogen-bond donors (Lipinski definition) is 2. The zero-order valence-corrected chi connectivity index (χ0v) is 22.9. The van der Waals surface area contributed by atoms with Crippen molar-refractivity contribution in [2.24, 2.45) is 0 Å². The van der Waals surface area contributed by atoms with Gasteiger partial charge in [0.05, 0.1) is 12.1 Å². The molecule has 2 aromatic rings. The van der Waals surface area contributed by atoms with Crippen LogP contribution in [0.2, 0.25) is 0 Å². The molecule has 0 bridgehead atoms. The van der Waals surface area contributed by atoms with Gasteiger partial charge in [0.2, 0.25) is 0 Å². The van der Waals surface area contributed by atoms with Crippen molar-refractivity contribution < 1.29 is 29.3 Å². The Kier molecular flexibility index (Phi) is 8.95. The average molecular weight is 525 g/mol. The number of nitrogens with zero attached hydrogens (tertiary/aromatic N) is 2. The second kappa shape index (κ2) is 12.2. The highest BCUT2D eigenvalue weighted by Gasteiger charge is 2.43.